The quantitative estimate of drug-likeness (QED) is 0.895. The van der Waals surface area contributed by atoms with Gasteiger partial charge < -0.3 is 10.6 Å². The Hall–Kier alpha value is -1.29. The molecule has 2 N–H and O–H groups in total. The van der Waals surface area contributed by atoms with Gasteiger partial charge in [-0.05, 0) is 19.1 Å². The van der Waals surface area contributed by atoms with Crippen LogP contribution in [0.4, 0.5) is 4.39 Å². The molecule has 0 radical (unpaired) electrons. The monoisotopic (exact) mass is 283 g/mol. The zero-order valence-corrected chi connectivity index (χ0v) is 12.2. The minimum atomic E-state index is -0.418. The lowest BCUT2D eigenvalue weighted by atomic mass is 9.84. The van der Waals surface area contributed by atoms with Gasteiger partial charge in [0.1, 0.15) is 5.82 Å². The average molecular weight is 284 g/mol. The molecule has 1 atom stereocenters. The first kappa shape index (κ1) is 14.1. The fraction of sp³-hybridized carbons (Fsp3) is 0.500. The number of aliphatic imine (C=N–C) groups is 1. The molecule has 0 saturated heterocycles. The van der Waals surface area contributed by atoms with E-state index in [1.54, 1.807) is 12.1 Å². The van der Waals surface area contributed by atoms with Crippen LogP contribution in [0.5, 0.6) is 0 Å². The summed E-state index contributed by atoms with van der Waals surface area (Å²) in [5.41, 5.74) is 0.120. The zero-order valence-electron chi connectivity index (χ0n) is 11.4. The van der Waals surface area contributed by atoms with Crippen LogP contribution in [-0.2, 0) is 5.41 Å². The van der Waals surface area contributed by atoms with E-state index in [2.05, 4.69) is 22.5 Å². The standard InChI is InChI=1S/C14H19ClFN3/c1-9-7-17-13(19-9)18-8-14(2,3)12-10(15)5-4-6-11(12)16/h4-6,9H,7-8H2,1-3H3,(H2,17,18,19). The van der Waals surface area contributed by atoms with Gasteiger partial charge in [0, 0.05) is 28.6 Å². The summed E-state index contributed by atoms with van der Waals surface area (Å²) in [6.07, 6.45) is 0. The Morgan fingerprint density at radius 3 is 2.84 bits per heavy atom. The van der Waals surface area contributed by atoms with E-state index < -0.39 is 5.41 Å². The van der Waals surface area contributed by atoms with Gasteiger partial charge in [0.05, 0.1) is 6.54 Å². The highest BCUT2D eigenvalue weighted by Gasteiger charge is 2.27. The smallest absolute Gasteiger partial charge is 0.191 e. The van der Waals surface area contributed by atoms with Gasteiger partial charge in [0.25, 0.3) is 0 Å². The highest BCUT2D eigenvalue weighted by molar-refractivity contribution is 6.31. The van der Waals surface area contributed by atoms with Gasteiger partial charge >= 0.3 is 0 Å². The fourth-order valence-corrected chi connectivity index (χ4v) is 2.62. The van der Waals surface area contributed by atoms with E-state index in [1.165, 1.54) is 6.07 Å². The number of nitrogens with one attached hydrogen (secondary N) is 2. The van der Waals surface area contributed by atoms with Gasteiger partial charge in [0.2, 0.25) is 0 Å². The van der Waals surface area contributed by atoms with Crippen molar-refractivity contribution in [3.63, 3.8) is 0 Å². The zero-order chi connectivity index (χ0) is 14.0. The predicted molar refractivity (Wildman–Crippen MR) is 77.3 cm³/mol. The number of halogens is 2. The van der Waals surface area contributed by atoms with Crippen LogP contribution in [0.1, 0.15) is 26.3 Å². The Morgan fingerprint density at radius 2 is 2.26 bits per heavy atom. The first-order valence-electron chi connectivity index (χ1n) is 6.39. The number of hydrogen-bond donors (Lipinski definition) is 2. The van der Waals surface area contributed by atoms with Gasteiger partial charge in [-0.15, -0.1) is 0 Å². The average Bonchev–Trinajstić information content (AvgIpc) is 2.72. The van der Waals surface area contributed by atoms with Crippen molar-refractivity contribution in [2.24, 2.45) is 4.99 Å². The number of guanidine groups is 1. The summed E-state index contributed by atoms with van der Waals surface area (Å²) in [4.78, 5) is 4.33. The molecule has 0 bridgehead atoms. The van der Waals surface area contributed by atoms with E-state index in [9.17, 15) is 4.39 Å². The maximum absolute atomic E-state index is 14.0. The Balaban J connectivity index is 2.10. The third-order valence-corrected chi connectivity index (χ3v) is 3.56. The number of rotatable bonds is 3. The van der Waals surface area contributed by atoms with Crippen LogP contribution in [0.3, 0.4) is 0 Å². The van der Waals surface area contributed by atoms with E-state index in [-0.39, 0.29) is 5.82 Å². The van der Waals surface area contributed by atoms with Crippen LogP contribution in [0.2, 0.25) is 5.02 Å². The molecule has 1 heterocycles. The first-order chi connectivity index (χ1) is 8.90. The third-order valence-electron chi connectivity index (χ3n) is 3.24. The Bertz CT molecular complexity index is 479. The van der Waals surface area contributed by atoms with Crippen LogP contribution in [0, 0.1) is 5.82 Å². The van der Waals surface area contributed by atoms with Crippen molar-refractivity contribution >= 4 is 17.6 Å². The van der Waals surface area contributed by atoms with Crippen LogP contribution in [0.25, 0.3) is 0 Å². The molecule has 0 aliphatic carbocycles. The Kier molecular flexibility index (Phi) is 3.99. The topological polar surface area (TPSA) is 36.4 Å². The summed E-state index contributed by atoms with van der Waals surface area (Å²) in [5.74, 6) is 0.502. The molecule has 1 unspecified atom stereocenters. The summed E-state index contributed by atoms with van der Waals surface area (Å²) in [7, 11) is 0. The molecular formula is C14H19ClFN3. The lowest BCUT2D eigenvalue weighted by Crippen LogP contribution is -2.43. The summed E-state index contributed by atoms with van der Waals surface area (Å²) in [5, 5.41) is 6.90. The van der Waals surface area contributed by atoms with Crippen molar-refractivity contribution in [2.45, 2.75) is 32.2 Å². The van der Waals surface area contributed by atoms with Gasteiger partial charge in [0.15, 0.2) is 5.96 Å². The van der Waals surface area contributed by atoms with E-state index in [4.69, 9.17) is 11.6 Å². The van der Waals surface area contributed by atoms with Gasteiger partial charge in [-0.25, -0.2) is 4.39 Å². The maximum Gasteiger partial charge on any atom is 0.191 e. The van der Waals surface area contributed by atoms with Crippen molar-refractivity contribution in [1.82, 2.24) is 10.6 Å². The largest absolute Gasteiger partial charge is 0.356 e. The number of benzene rings is 1. The highest BCUT2D eigenvalue weighted by atomic mass is 35.5. The highest BCUT2D eigenvalue weighted by Crippen LogP contribution is 2.31. The third kappa shape index (κ3) is 3.18. The van der Waals surface area contributed by atoms with E-state index in [0.717, 1.165) is 12.5 Å². The minimum Gasteiger partial charge on any atom is -0.356 e. The lowest BCUT2D eigenvalue weighted by molar-refractivity contribution is 0.474. The van der Waals surface area contributed by atoms with E-state index in [0.29, 0.717) is 23.2 Å². The first-order valence-corrected chi connectivity index (χ1v) is 6.77. The minimum absolute atomic E-state index is 0.269. The Morgan fingerprint density at radius 1 is 1.53 bits per heavy atom. The molecule has 3 nitrogen and oxygen atoms in total. The van der Waals surface area contributed by atoms with Crippen LogP contribution >= 0.6 is 11.6 Å². The van der Waals surface area contributed by atoms with Crippen LogP contribution in [-0.4, -0.2) is 25.1 Å². The van der Waals surface area contributed by atoms with Crippen molar-refractivity contribution in [2.75, 3.05) is 13.1 Å². The molecule has 1 aromatic rings. The molecule has 0 spiro atoms. The van der Waals surface area contributed by atoms with Gasteiger partial charge in [-0.3, -0.25) is 4.99 Å². The molecule has 2 rings (SSSR count). The molecule has 1 aliphatic rings. The molecule has 1 aliphatic heterocycles. The van der Waals surface area contributed by atoms with Crippen LogP contribution < -0.4 is 10.6 Å². The van der Waals surface area contributed by atoms with Crippen molar-refractivity contribution in [3.05, 3.63) is 34.6 Å². The summed E-state index contributed by atoms with van der Waals surface area (Å²) in [6, 6.07) is 5.13. The normalized spacial score (nSPS) is 19.0. The van der Waals surface area contributed by atoms with Gasteiger partial charge in [-0.2, -0.15) is 0 Å². The predicted octanol–water partition coefficient (Wildman–Crippen LogP) is 2.69. The molecular weight excluding hydrogens is 265 g/mol. The number of hydrogen-bond acceptors (Lipinski definition) is 3. The van der Waals surface area contributed by atoms with Crippen molar-refractivity contribution in [1.29, 1.82) is 0 Å². The summed E-state index contributed by atoms with van der Waals surface area (Å²) < 4.78 is 14.0. The van der Waals surface area contributed by atoms with E-state index >= 15 is 0 Å². The Labute approximate surface area is 118 Å². The maximum atomic E-state index is 14.0. The second-order valence-corrected chi connectivity index (χ2v) is 5.98. The molecule has 19 heavy (non-hydrogen) atoms. The van der Waals surface area contributed by atoms with Crippen molar-refractivity contribution in [3.8, 4) is 0 Å². The fourth-order valence-electron chi connectivity index (χ4n) is 2.20. The van der Waals surface area contributed by atoms with Crippen molar-refractivity contribution < 1.29 is 4.39 Å². The molecule has 5 heteroatoms. The molecule has 1 aromatic carbocycles. The van der Waals surface area contributed by atoms with E-state index in [1.807, 2.05) is 13.8 Å². The van der Waals surface area contributed by atoms with Gasteiger partial charge in [-0.1, -0.05) is 31.5 Å². The van der Waals surface area contributed by atoms with Crippen LogP contribution in [0.15, 0.2) is 23.2 Å². The summed E-state index contributed by atoms with van der Waals surface area (Å²) in [6.45, 7) is 7.32. The molecule has 0 aromatic heterocycles. The second kappa shape index (κ2) is 5.37. The molecule has 0 saturated carbocycles. The molecule has 104 valence electrons. The lowest BCUT2D eigenvalue weighted by Gasteiger charge is -2.27. The second-order valence-electron chi connectivity index (χ2n) is 5.57. The summed E-state index contributed by atoms with van der Waals surface area (Å²) >= 11 is 6.12. The number of nitrogens with zero attached hydrogens (tertiary/aromatic N) is 1. The molecule has 0 amide bonds. The SMILES string of the molecule is CC1CN=C(NCC(C)(C)c2c(F)cccc2Cl)N1. The molecule has 0 fully saturated rings.